The van der Waals surface area contributed by atoms with E-state index in [1.165, 1.54) is 37.8 Å². The van der Waals surface area contributed by atoms with Crippen LogP contribution in [0, 0.1) is 23.6 Å². The largest absolute Gasteiger partial charge is 0.342 e. The molecule has 152 valence electrons. The smallest absolute Gasteiger partial charge is 0.219 e. The number of amides is 1. The number of hydrogen-bond donors (Lipinski definition) is 0. The topological polar surface area (TPSA) is 33.2 Å². The molecule has 0 spiro atoms. The summed E-state index contributed by atoms with van der Waals surface area (Å²) in [5.41, 5.74) is 2.63. The number of carbonyl (C=O) groups is 1. The second-order valence-corrected chi connectivity index (χ2v) is 8.56. The van der Waals surface area contributed by atoms with Crippen molar-refractivity contribution in [1.29, 1.82) is 0 Å². The first-order chi connectivity index (χ1) is 14.0. The van der Waals surface area contributed by atoms with Gasteiger partial charge >= 0.3 is 0 Å². The van der Waals surface area contributed by atoms with Gasteiger partial charge < -0.3 is 4.90 Å². The summed E-state index contributed by atoms with van der Waals surface area (Å²) in [5, 5.41) is 0. The minimum atomic E-state index is -0.240. The van der Waals surface area contributed by atoms with E-state index in [0.717, 1.165) is 29.2 Å². The zero-order valence-corrected chi connectivity index (χ0v) is 17.2. The third-order valence-corrected chi connectivity index (χ3v) is 6.88. The molecule has 0 unspecified atom stereocenters. The van der Waals surface area contributed by atoms with Crippen LogP contribution in [0.4, 0.5) is 4.39 Å². The van der Waals surface area contributed by atoms with Gasteiger partial charge in [-0.3, -0.25) is 9.78 Å². The number of carbonyl (C=O) groups excluding carboxylic acids is 1. The van der Waals surface area contributed by atoms with Gasteiger partial charge in [0.15, 0.2) is 0 Å². The zero-order valence-electron chi connectivity index (χ0n) is 17.2. The van der Waals surface area contributed by atoms with Gasteiger partial charge in [0.2, 0.25) is 5.91 Å². The maximum atomic E-state index is 13.5. The van der Waals surface area contributed by atoms with Gasteiger partial charge in [-0.15, -0.1) is 0 Å². The summed E-state index contributed by atoms with van der Waals surface area (Å²) >= 11 is 0. The lowest BCUT2D eigenvalue weighted by molar-refractivity contribution is -0.130. The molecule has 0 aliphatic heterocycles. The van der Waals surface area contributed by atoms with Gasteiger partial charge in [-0.05, 0) is 54.5 Å². The molecule has 2 fully saturated rings. The molecule has 0 N–H and O–H groups in total. The third-order valence-electron chi connectivity index (χ3n) is 6.88. The van der Waals surface area contributed by atoms with Crippen molar-refractivity contribution in [1.82, 2.24) is 9.88 Å². The fraction of sp³-hybridized carbons (Fsp3) is 0.440. The molecule has 4 heteroatoms. The Hall–Kier alpha value is -2.49. The van der Waals surface area contributed by atoms with Gasteiger partial charge in [0.25, 0.3) is 0 Å². The van der Waals surface area contributed by atoms with Crippen molar-refractivity contribution < 1.29 is 9.18 Å². The Morgan fingerprint density at radius 3 is 2.72 bits per heavy atom. The molecule has 29 heavy (non-hydrogen) atoms. The minimum absolute atomic E-state index is 0.143. The van der Waals surface area contributed by atoms with Gasteiger partial charge in [-0.1, -0.05) is 43.5 Å². The number of fused-ring (bicyclic) bond motifs is 1. The Bertz CT molecular complexity index is 892. The highest BCUT2D eigenvalue weighted by molar-refractivity contribution is 5.73. The van der Waals surface area contributed by atoms with Crippen molar-refractivity contribution in [3.05, 3.63) is 60.2 Å². The Labute approximate surface area is 172 Å². The first-order valence-corrected chi connectivity index (χ1v) is 10.7. The van der Waals surface area contributed by atoms with Crippen molar-refractivity contribution in [2.75, 3.05) is 7.05 Å². The standard InChI is InChI=1S/C25H29FN2O/c1-17(29)28(2)25-15-19-6-3-4-9-23(19)24(25)13-12-22-11-10-20(16-27-22)18-7-5-8-21(26)14-18/h5,7-8,10-14,16,19,23-25H,3-4,6,9,15H2,1-2H3/b13-12+/t19-,23-,24+,25+/m1/s1. The number of rotatable bonds is 4. The van der Waals surface area contributed by atoms with Crippen molar-refractivity contribution in [2.45, 2.75) is 45.1 Å². The number of benzene rings is 1. The van der Waals surface area contributed by atoms with E-state index in [1.54, 1.807) is 19.2 Å². The first-order valence-electron chi connectivity index (χ1n) is 10.7. The van der Waals surface area contributed by atoms with E-state index in [0.29, 0.717) is 11.8 Å². The maximum Gasteiger partial charge on any atom is 0.219 e. The molecule has 2 aromatic rings. The number of hydrogen-bond acceptors (Lipinski definition) is 2. The molecule has 2 aliphatic carbocycles. The van der Waals surface area contributed by atoms with Crippen LogP contribution < -0.4 is 0 Å². The highest BCUT2D eigenvalue weighted by Gasteiger charge is 2.44. The van der Waals surface area contributed by atoms with Crippen LogP contribution in [-0.2, 0) is 4.79 Å². The second-order valence-electron chi connectivity index (χ2n) is 8.56. The van der Waals surface area contributed by atoms with Crippen LogP contribution in [0.2, 0.25) is 0 Å². The number of halogens is 1. The highest BCUT2D eigenvalue weighted by atomic mass is 19.1. The lowest BCUT2D eigenvalue weighted by atomic mass is 9.78. The molecule has 1 aromatic carbocycles. The Morgan fingerprint density at radius 2 is 2.00 bits per heavy atom. The SMILES string of the molecule is CC(=O)N(C)[C@H]1C[C@H]2CCCC[C@H]2[C@@H]1/C=C/c1ccc(-c2cccc(F)c2)cn1. The summed E-state index contributed by atoms with van der Waals surface area (Å²) in [4.78, 5) is 18.5. The molecule has 0 saturated heterocycles. The number of aromatic nitrogens is 1. The predicted octanol–water partition coefficient (Wildman–Crippen LogP) is 5.57. The van der Waals surface area contributed by atoms with Crippen molar-refractivity contribution >= 4 is 12.0 Å². The molecule has 4 atom stereocenters. The van der Waals surface area contributed by atoms with Crippen LogP contribution in [-0.4, -0.2) is 28.9 Å². The summed E-state index contributed by atoms with van der Waals surface area (Å²) in [5.74, 6) is 1.69. The van der Waals surface area contributed by atoms with Crippen molar-refractivity contribution in [3.8, 4) is 11.1 Å². The summed E-state index contributed by atoms with van der Waals surface area (Å²) in [6.07, 6.45) is 12.4. The Balaban J connectivity index is 1.53. The quantitative estimate of drug-likeness (QED) is 0.681. The summed E-state index contributed by atoms with van der Waals surface area (Å²) in [7, 11) is 1.94. The van der Waals surface area contributed by atoms with E-state index in [4.69, 9.17) is 0 Å². The van der Waals surface area contributed by atoms with Crippen molar-refractivity contribution in [2.24, 2.45) is 17.8 Å². The number of nitrogens with zero attached hydrogens (tertiary/aromatic N) is 2. The molecule has 1 heterocycles. The Kier molecular flexibility index (Phi) is 5.79. The lowest BCUT2D eigenvalue weighted by Crippen LogP contribution is -2.38. The average Bonchev–Trinajstić information content (AvgIpc) is 3.10. The molecule has 4 rings (SSSR count). The molecule has 0 radical (unpaired) electrons. The Morgan fingerprint density at radius 1 is 1.17 bits per heavy atom. The molecule has 1 amide bonds. The maximum absolute atomic E-state index is 13.5. The van der Waals surface area contributed by atoms with Gasteiger partial charge in [0.05, 0.1) is 5.69 Å². The number of pyridine rings is 1. The summed E-state index contributed by atoms with van der Waals surface area (Å²) in [6.45, 7) is 1.66. The first kappa shape index (κ1) is 19.8. The van der Waals surface area contributed by atoms with E-state index in [-0.39, 0.29) is 17.8 Å². The molecule has 2 aliphatic rings. The van der Waals surface area contributed by atoms with Crippen LogP contribution in [0.25, 0.3) is 17.2 Å². The summed E-state index contributed by atoms with van der Waals surface area (Å²) in [6, 6.07) is 10.8. The van der Waals surface area contributed by atoms with Crippen LogP contribution in [0.5, 0.6) is 0 Å². The monoisotopic (exact) mass is 392 g/mol. The zero-order chi connectivity index (χ0) is 20.4. The van der Waals surface area contributed by atoms with E-state index < -0.39 is 0 Å². The normalized spacial score (nSPS) is 26.4. The second kappa shape index (κ2) is 8.48. The molecular formula is C25H29FN2O. The third kappa shape index (κ3) is 4.26. The van der Waals surface area contributed by atoms with E-state index in [1.807, 2.05) is 30.1 Å². The predicted molar refractivity (Wildman–Crippen MR) is 114 cm³/mol. The van der Waals surface area contributed by atoms with Gasteiger partial charge in [-0.25, -0.2) is 4.39 Å². The van der Waals surface area contributed by atoms with E-state index in [2.05, 4.69) is 17.1 Å². The lowest BCUT2D eigenvalue weighted by Gasteiger charge is -2.31. The molecular weight excluding hydrogens is 363 g/mol. The molecule has 2 saturated carbocycles. The van der Waals surface area contributed by atoms with Crippen LogP contribution in [0.15, 0.2) is 48.7 Å². The van der Waals surface area contributed by atoms with Gasteiger partial charge in [-0.2, -0.15) is 0 Å². The van der Waals surface area contributed by atoms with Gasteiger partial charge in [0, 0.05) is 37.7 Å². The minimum Gasteiger partial charge on any atom is -0.342 e. The van der Waals surface area contributed by atoms with E-state index >= 15 is 0 Å². The van der Waals surface area contributed by atoms with Crippen LogP contribution in [0.1, 0.15) is 44.7 Å². The van der Waals surface area contributed by atoms with Crippen molar-refractivity contribution in [3.63, 3.8) is 0 Å². The molecule has 1 aromatic heterocycles. The van der Waals surface area contributed by atoms with Crippen LogP contribution >= 0.6 is 0 Å². The fourth-order valence-electron chi connectivity index (χ4n) is 5.26. The summed E-state index contributed by atoms with van der Waals surface area (Å²) < 4.78 is 13.5. The fourth-order valence-corrected chi connectivity index (χ4v) is 5.26. The average molecular weight is 393 g/mol. The van der Waals surface area contributed by atoms with Crippen LogP contribution in [0.3, 0.4) is 0 Å². The van der Waals surface area contributed by atoms with E-state index in [9.17, 15) is 9.18 Å². The molecule has 0 bridgehead atoms. The highest BCUT2D eigenvalue weighted by Crippen LogP contribution is 2.48. The van der Waals surface area contributed by atoms with Gasteiger partial charge in [0.1, 0.15) is 5.82 Å². The molecule has 3 nitrogen and oxygen atoms in total.